The number of carbonyl (C=O) groups is 1. The van der Waals surface area contributed by atoms with Gasteiger partial charge in [-0.2, -0.15) is 0 Å². The van der Waals surface area contributed by atoms with Crippen molar-refractivity contribution in [3.05, 3.63) is 65.3 Å². The maximum absolute atomic E-state index is 11.6. The van der Waals surface area contributed by atoms with E-state index in [9.17, 15) is 4.79 Å². The first-order valence-corrected chi connectivity index (χ1v) is 7.54. The van der Waals surface area contributed by atoms with Crippen molar-refractivity contribution in [3.63, 3.8) is 0 Å². The average molecular weight is 328 g/mol. The van der Waals surface area contributed by atoms with Crippen molar-refractivity contribution in [1.82, 2.24) is 4.98 Å². The summed E-state index contributed by atoms with van der Waals surface area (Å²) < 4.78 is 10.7. The quantitative estimate of drug-likeness (QED) is 0.643. The van der Waals surface area contributed by atoms with Crippen LogP contribution in [0.2, 0.25) is 5.02 Å². The summed E-state index contributed by atoms with van der Waals surface area (Å²) in [5, 5.41) is 0.669. The second kappa shape index (κ2) is 6.67. The topological polar surface area (TPSA) is 52.3 Å². The Morgan fingerprint density at radius 3 is 2.39 bits per heavy atom. The van der Waals surface area contributed by atoms with Crippen LogP contribution in [0.3, 0.4) is 0 Å². The van der Waals surface area contributed by atoms with E-state index in [0.717, 1.165) is 11.1 Å². The molecule has 0 fully saturated rings. The van der Waals surface area contributed by atoms with E-state index in [1.807, 2.05) is 12.1 Å². The molecule has 0 aliphatic heterocycles. The molecule has 0 aliphatic carbocycles. The summed E-state index contributed by atoms with van der Waals surface area (Å²) >= 11 is 5.88. The molecular weight excluding hydrogens is 314 g/mol. The zero-order chi connectivity index (χ0) is 16.2. The van der Waals surface area contributed by atoms with Gasteiger partial charge in [0.2, 0.25) is 5.89 Å². The summed E-state index contributed by atoms with van der Waals surface area (Å²) in [5.74, 6) is 0.810. The predicted molar refractivity (Wildman–Crippen MR) is 88.3 cm³/mol. The molecule has 0 saturated heterocycles. The summed E-state index contributed by atoms with van der Waals surface area (Å²) in [6.45, 7) is 2.13. The van der Waals surface area contributed by atoms with E-state index in [0.29, 0.717) is 28.8 Å². The summed E-state index contributed by atoms with van der Waals surface area (Å²) in [4.78, 5) is 15.9. The molecule has 5 heteroatoms. The molecular formula is C18H14ClNO3. The molecule has 23 heavy (non-hydrogen) atoms. The van der Waals surface area contributed by atoms with E-state index >= 15 is 0 Å². The van der Waals surface area contributed by atoms with Crippen molar-refractivity contribution in [3.8, 4) is 22.8 Å². The zero-order valence-corrected chi connectivity index (χ0v) is 13.2. The minimum Gasteiger partial charge on any atom is -0.462 e. The number of aromatic nitrogens is 1. The van der Waals surface area contributed by atoms with Gasteiger partial charge in [0.15, 0.2) is 5.76 Å². The first-order chi connectivity index (χ1) is 11.2. The third kappa shape index (κ3) is 3.43. The second-order valence-electron chi connectivity index (χ2n) is 4.83. The molecule has 0 bridgehead atoms. The molecule has 0 aliphatic rings. The Hall–Kier alpha value is -2.59. The number of carbonyl (C=O) groups excluding carboxylic acids is 1. The average Bonchev–Trinajstić information content (AvgIpc) is 3.06. The van der Waals surface area contributed by atoms with Crippen LogP contribution in [0.5, 0.6) is 0 Å². The Kier molecular flexibility index (Phi) is 4.44. The fraction of sp³-hybridized carbons (Fsp3) is 0.111. The van der Waals surface area contributed by atoms with Crippen LogP contribution in [0.4, 0.5) is 0 Å². The number of nitrogens with zero attached hydrogens (tertiary/aromatic N) is 1. The highest BCUT2D eigenvalue weighted by molar-refractivity contribution is 6.30. The Bertz CT molecular complexity index is 807. The van der Waals surface area contributed by atoms with Gasteiger partial charge < -0.3 is 9.15 Å². The van der Waals surface area contributed by atoms with Crippen LogP contribution < -0.4 is 0 Å². The molecule has 0 spiro atoms. The smallest absolute Gasteiger partial charge is 0.338 e. The largest absolute Gasteiger partial charge is 0.462 e. The fourth-order valence-electron chi connectivity index (χ4n) is 2.12. The fourth-order valence-corrected chi connectivity index (χ4v) is 2.24. The van der Waals surface area contributed by atoms with Gasteiger partial charge in [0.25, 0.3) is 0 Å². The van der Waals surface area contributed by atoms with E-state index in [2.05, 4.69) is 4.98 Å². The summed E-state index contributed by atoms with van der Waals surface area (Å²) in [7, 11) is 0. The van der Waals surface area contributed by atoms with Crippen molar-refractivity contribution >= 4 is 17.6 Å². The third-order valence-corrected chi connectivity index (χ3v) is 3.53. The lowest BCUT2D eigenvalue weighted by Gasteiger charge is -2.02. The maximum atomic E-state index is 11.6. The Labute approximate surface area is 138 Å². The summed E-state index contributed by atoms with van der Waals surface area (Å²) in [6, 6.07) is 14.3. The molecule has 2 aromatic carbocycles. The number of benzene rings is 2. The highest BCUT2D eigenvalue weighted by Crippen LogP contribution is 2.27. The lowest BCUT2D eigenvalue weighted by Crippen LogP contribution is -2.03. The van der Waals surface area contributed by atoms with Gasteiger partial charge in [-0.15, -0.1) is 0 Å². The van der Waals surface area contributed by atoms with Crippen molar-refractivity contribution in [1.29, 1.82) is 0 Å². The van der Waals surface area contributed by atoms with Crippen LogP contribution in [0, 0.1) is 0 Å². The molecule has 3 aromatic rings. The van der Waals surface area contributed by atoms with Gasteiger partial charge in [-0.05, 0) is 55.5 Å². The van der Waals surface area contributed by atoms with E-state index in [1.54, 1.807) is 49.5 Å². The highest BCUT2D eigenvalue weighted by Gasteiger charge is 2.10. The van der Waals surface area contributed by atoms with Gasteiger partial charge in [-0.3, -0.25) is 0 Å². The van der Waals surface area contributed by atoms with Crippen LogP contribution in [0.1, 0.15) is 17.3 Å². The molecule has 0 saturated carbocycles. The molecule has 0 amide bonds. The third-order valence-electron chi connectivity index (χ3n) is 3.28. The maximum Gasteiger partial charge on any atom is 0.338 e. The highest BCUT2D eigenvalue weighted by atomic mass is 35.5. The number of hydrogen-bond acceptors (Lipinski definition) is 4. The SMILES string of the molecule is CCOC(=O)c1ccc(-c2ncc(-c3ccc(Cl)cc3)o2)cc1. The first-order valence-electron chi connectivity index (χ1n) is 7.16. The number of ether oxygens (including phenoxy) is 1. The van der Waals surface area contributed by atoms with E-state index in [-0.39, 0.29) is 5.97 Å². The van der Waals surface area contributed by atoms with Gasteiger partial charge in [-0.25, -0.2) is 9.78 Å². The Morgan fingerprint density at radius 2 is 1.74 bits per heavy atom. The number of esters is 1. The van der Waals surface area contributed by atoms with Gasteiger partial charge in [0.05, 0.1) is 18.4 Å². The van der Waals surface area contributed by atoms with Crippen molar-refractivity contribution in [2.75, 3.05) is 6.61 Å². The van der Waals surface area contributed by atoms with E-state index in [4.69, 9.17) is 20.8 Å². The van der Waals surface area contributed by atoms with Crippen molar-refractivity contribution < 1.29 is 13.9 Å². The van der Waals surface area contributed by atoms with Gasteiger partial charge >= 0.3 is 5.97 Å². The van der Waals surface area contributed by atoms with Crippen molar-refractivity contribution in [2.45, 2.75) is 6.92 Å². The van der Waals surface area contributed by atoms with Crippen LogP contribution in [0.25, 0.3) is 22.8 Å². The number of hydrogen-bond donors (Lipinski definition) is 0. The monoisotopic (exact) mass is 327 g/mol. The van der Waals surface area contributed by atoms with Crippen LogP contribution >= 0.6 is 11.6 Å². The molecule has 4 nitrogen and oxygen atoms in total. The minimum absolute atomic E-state index is 0.340. The van der Waals surface area contributed by atoms with Gasteiger partial charge in [0, 0.05) is 16.1 Å². The number of halogens is 1. The molecule has 0 unspecified atom stereocenters. The van der Waals surface area contributed by atoms with E-state index in [1.165, 1.54) is 0 Å². The van der Waals surface area contributed by atoms with E-state index < -0.39 is 0 Å². The molecule has 0 atom stereocenters. The van der Waals surface area contributed by atoms with Gasteiger partial charge in [-0.1, -0.05) is 11.6 Å². The lowest BCUT2D eigenvalue weighted by atomic mass is 10.1. The predicted octanol–water partition coefficient (Wildman–Crippen LogP) is 4.84. The number of rotatable bonds is 4. The van der Waals surface area contributed by atoms with Crippen LogP contribution in [-0.4, -0.2) is 17.6 Å². The molecule has 0 N–H and O–H groups in total. The van der Waals surface area contributed by atoms with Crippen molar-refractivity contribution in [2.24, 2.45) is 0 Å². The molecule has 1 aromatic heterocycles. The Morgan fingerprint density at radius 1 is 1.09 bits per heavy atom. The summed E-state index contributed by atoms with van der Waals surface area (Å²) in [6.07, 6.45) is 1.66. The zero-order valence-electron chi connectivity index (χ0n) is 12.5. The summed E-state index contributed by atoms with van der Waals surface area (Å²) in [5.41, 5.74) is 2.19. The molecule has 0 radical (unpaired) electrons. The molecule has 3 rings (SSSR count). The number of oxazole rings is 1. The van der Waals surface area contributed by atoms with Crippen LogP contribution in [0.15, 0.2) is 59.1 Å². The molecule has 1 heterocycles. The first kappa shape index (κ1) is 15.3. The standard InChI is InChI=1S/C18H14ClNO3/c1-2-22-18(21)14-5-3-13(4-6-14)17-20-11-16(23-17)12-7-9-15(19)10-8-12/h3-11H,2H2,1H3. The lowest BCUT2D eigenvalue weighted by molar-refractivity contribution is 0.0526. The normalized spacial score (nSPS) is 10.5. The van der Waals surface area contributed by atoms with Crippen LogP contribution in [-0.2, 0) is 4.74 Å². The molecule has 116 valence electrons. The van der Waals surface area contributed by atoms with Gasteiger partial charge in [0.1, 0.15) is 0 Å². The Balaban J connectivity index is 1.83. The second-order valence-corrected chi connectivity index (χ2v) is 5.27. The minimum atomic E-state index is -0.340.